The molecule has 0 unspecified atom stereocenters. The third-order valence-corrected chi connectivity index (χ3v) is 3.13. The van der Waals surface area contributed by atoms with E-state index in [1.807, 2.05) is 49.5 Å². The van der Waals surface area contributed by atoms with Crippen molar-refractivity contribution < 1.29 is 0 Å². The molecule has 0 bridgehead atoms. The lowest BCUT2D eigenvalue weighted by molar-refractivity contribution is 0.589. The summed E-state index contributed by atoms with van der Waals surface area (Å²) in [5, 5.41) is 0. The van der Waals surface area contributed by atoms with Crippen molar-refractivity contribution in [3.8, 4) is 0 Å². The van der Waals surface area contributed by atoms with Gasteiger partial charge in [-0.25, -0.2) is 4.99 Å². The molecule has 0 fully saturated rings. The Morgan fingerprint density at radius 3 is 1.67 bits per heavy atom. The molecular formula is C16H14N2. The van der Waals surface area contributed by atoms with Crippen molar-refractivity contribution in [2.45, 2.75) is 12.6 Å². The van der Waals surface area contributed by atoms with E-state index in [1.165, 1.54) is 0 Å². The van der Waals surface area contributed by atoms with Gasteiger partial charge in [-0.1, -0.05) is 60.7 Å². The lowest BCUT2D eigenvalue weighted by atomic mass is 9.92. The average molecular weight is 234 g/mol. The van der Waals surface area contributed by atoms with E-state index in [4.69, 9.17) is 4.99 Å². The zero-order chi connectivity index (χ0) is 12.4. The topological polar surface area (TPSA) is 24.7 Å². The second-order valence-electron chi connectivity index (χ2n) is 4.42. The van der Waals surface area contributed by atoms with Crippen LogP contribution in [0, 0.1) is 0 Å². The summed E-state index contributed by atoms with van der Waals surface area (Å²) in [7, 11) is 0. The van der Waals surface area contributed by atoms with Crippen LogP contribution in [0.3, 0.4) is 0 Å². The molecule has 0 spiro atoms. The molecule has 2 aromatic rings. The van der Waals surface area contributed by atoms with Crippen LogP contribution in [0.5, 0.6) is 0 Å². The molecule has 0 N–H and O–H groups in total. The predicted molar refractivity (Wildman–Crippen MR) is 75.3 cm³/mol. The second kappa shape index (κ2) is 4.22. The molecule has 18 heavy (non-hydrogen) atoms. The van der Waals surface area contributed by atoms with Crippen molar-refractivity contribution in [1.82, 2.24) is 0 Å². The molecule has 0 amide bonds. The molecule has 3 rings (SSSR count). The van der Waals surface area contributed by atoms with Gasteiger partial charge in [0.1, 0.15) is 0 Å². The van der Waals surface area contributed by atoms with Crippen molar-refractivity contribution in [2.75, 3.05) is 0 Å². The second-order valence-corrected chi connectivity index (χ2v) is 4.42. The Hall–Kier alpha value is -2.22. The van der Waals surface area contributed by atoms with Crippen LogP contribution in [-0.2, 0) is 5.66 Å². The summed E-state index contributed by atoms with van der Waals surface area (Å²) in [6.07, 6.45) is 1.85. The number of hydrogen-bond acceptors (Lipinski definition) is 2. The Bertz CT molecular complexity index is 558. The van der Waals surface area contributed by atoms with Gasteiger partial charge in [0.25, 0.3) is 0 Å². The van der Waals surface area contributed by atoms with Gasteiger partial charge < -0.3 is 0 Å². The molecule has 1 aliphatic heterocycles. The molecule has 0 saturated heterocycles. The third kappa shape index (κ3) is 1.66. The smallest absolute Gasteiger partial charge is 0.201 e. The largest absolute Gasteiger partial charge is 0.252 e. The molecular weight excluding hydrogens is 220 g/mol. The lowest BCUT2D eigenvalue weighted by Gasteiger charge is -2.24. The summed E-state index contributed by atoms with van der Waals surface area (Å²) >= 11 is 0. The Kier molecular flexibility index (Phi) is 2.56. The van der Waals surface area contributed by atoms with E-state index in [0.717, 1.165) is 16.8 Å². The maximum Gasteiger partial charge on any atom is 0.201 e. The third-order valence-electron chi connectivity index (χ3n) is 3.13. The maximum atomic E-state index is 4.75. The summed E-state index contributed by atoms with van der Waals surface area (Å²) in [5.74, 6) is 0. The number of aliphatic imine (C=N–C) groups is 2. The zero-order valence-electron chi connectivity index (χ0n) is 10.2. The summed E-state index contributed by atoms with van der Waals surface area (Å²) in [6, 6.07) is 20.4. The van der Waals surface area contributed by atoms with Gasteiger partial charge in [-0.05, 0) is 6.92 Å². The maximum absolute atomic E-state index is 4.75. The summed E-state index contributed by atoms with van der Waals surface area (Å²) in [6.45, 7) is 1.98. The number of hydrogen-bond donors (Lipinski definition) is 0. The minimum atomic E-state index is -0.591. The van der Waals surface area contributed by atoms with E-state index >= 15 is 0 Å². The van der Waals surface area contributed by atoms with E-state index in [2.05, 4.69) is 29.3 Å². The molecule has 1 aliphatic rings. The fourth-order valence-corrected chi connectivity index (χ4v) is 2.29. The van der Waals surface area contributed by atoms with E-state index in [9.17, 15) is 0 Å². The van der Waals surface area contributed by atoms with Gasteiger partial charge in [-0.3, -0.25) is 4.99 Å². The molecule has 2 nitrogen and oxygen atoms in total. The van der Waals surface area contributed by atoms with Crippen LogP contribution in [0.15, 0.2) is 70.6 Å². The fourth-order valence-electron chi connectivity index (χ4n) is 2.29. The molecule has 0 atom stereocenters. The molecule has 2 aromatic carbocycles. The Labute approximate surface area is 107 Å². The highest BCUT2D eigenvalue weighted by Crippen LogP contribution is 2.37. The highest BCUT2D eigenvalue weighted by atomic mass is 15.1. The molecule has 0 aromatic heterocycles. The molecule has 0 radical (unpaired) electrons. The van der Waals surface area contributed by atoms with Crippen molar-refractivity contribution in [3.05, 3.63) is 71.8 Å². The Morgan fingerprint density at radius 2 is 1.28 bits per heavy atom. The van der Waals surface area contributed by atoms with Gasteiger partial charge >= 0.3 is 0 Å². The van der Waals surface area contributed by atoms with Crippen molar-refractivity contribution in [3.63, 3.8) is 0 Å². The Balaban J connectivity index is 2.22. The van der Waals surface area contributed by atoms with Crippen LogP contribution in [-0.4, -0.2) is 11.9 Å². The highest BCUT2D eigenvalue weighted by Gasteiger charge is 2.35. The van der Waals surface area contributed by atoms with Crippen LogP contribution in [0.25, 0.3) is 0 Å². The standard InChI is InChI=1S/C16H14N2/c1-13-12-17-16(18-13,14-8-4-2-5-9-14)15-10-6-3-7-11-15/h2-12H,1H3. The van der Waals surface area contributed by atoms with Crippen LogP contribution in [0.2, 0.25) is 0 Å². The summed E-state index contributed by atoms with van der Waals surface area (Å²) in [4.78, 5) is 9.41. The van der Waals surface area contributed by atoms with Crippen molar-refractivity contribution in [1.29, 1.82) is 0 Å². The normalized spacial score (nSPS) is 16.6. The first-order valence-electron chi connectivity index (χ1n) is 6.04. The first-order valence-corrected chi connectivity index (χ1v) is 6.04. The van der Waals surface area contributed by atoms with Crippen LogP contribution in [0.4, 0.5) is 0 Å². The number of nitrogens with zero attached hydrogens (tertiary/aromatic N) is 2. The van der Waals surface area contributed by atoms with E-state index in [1.54, 1.807) is 0 Å². The average Bonchev–Trinajstić information content (AvgIpc) is 2.84. The van der Waals surface area contributed by atoms with E-state index < -0.39 is 5.66 Å². The quantitative estimate of drug-likeness (QED) is 0.760. The highest BCUT2D eigenvalue weighted by molar-refractivity contribution is 6.31. The number of benzene rings is 2. The van der Waals surface area contributed by atoms with E-state index in [-0.39, 0.29) is 0 Å². The van der Waals surface area contributed by atoms with Gasteiger partial charge in [0, 0.05) is 17.3 Å². The first-order chi connectivity index (χ1) is 8.81. The molecule has 0 saturated carbocycles. The fraction of sp³-hybridized carbons (Fsp3) is 0.125. The Morgan fingerprint density at radius 1 is 0.778 bits per heavy atom. The number of rotatable bonds is 2. The van der Waals surface area contributed by atoms with Gasteiger partial charge in [0.05, 0.1) is 5.71 Å². The van der Waals surface area contributed by atoms with Crippen LogP contribution in [0.1, 0.15) is 18.1 Å². The van der Waals surface area contributed by atoms with Gasteiger partial charge in [-0.2, -0.15) is 0 Å². The molecule has 0 aliphatic carbocycles. The minimum absolute atomic E-state index is 0.591. The van der Waals surface area contributed by atoms with Gasteiger partial charge in [-0.15, -0.1) is 0 Å². The van der Waals surface area contributed by atoms with Crippen molar-refractivity contribution >= 4 is 11.9 Å². The van der Waals surface area contributed by atoms with Gasteiger partial charge in [0.2, 0.25) is 5.66 Å². The van der Waals surface area contributed by atoms with Gasteiger partial charge in [0.15, 0.2) is 0 Å². The van der Waals surface area contributed by atoms with Crippen LogP contribution >= 0.6 is 0 Å². The summed E-state index contributed by atoms with van der Waals surface area (Å²) < 4.78 is 0. The molecule has 88 valence electrons. The van der Waals surface area contributed by atoms with E-state index in [0.29, 0.717) is 0 Å². The zero-order valence-corrected chi connectivity index (χ0v) is 10.2. The lowest BCUT2D eigenvalue weighted by Crippen LogP contribution is -2.20. The monoisotopic (exact) mass is 234 g/mol. The molecule has 1 heterocycles. The molecule has 2 heteroatoms. The summed E-state index contributed by atoms with van der Waals surface area (Å²) in [5.41, 5.74) is 2.57. The van der Waals surface area contributed by atoms with Crippen LogP contribution < -0.4 is 0 Å². The SMILES string of the molecule is CC1=NC(c2ccccc2)(c2ccccc2)N=C1. The minimum Gasteiger partial charge on any atom is -0.252 e. The first kappa shape index (κ1) is 10.9. The van der Waals surface area contributed by atoms with Crippen molar-refractivity contribution in [2.24, 2.45) is 9.98 Å². The predicted octanol–water partition coefficient (Wildman–Crippen LogP) is 3.43.